The van der Waals surface area contributed by atoms with E-state index in [-0.39, 0.29) is 11.6 Å². The van der Waals surface area contributed by atoms with Crippen LogP contribution in [0.15, 0.2) is 0 Å². The summed E-state index contributed by atoms with van der Waals surface area (Å²) in [5.41, 5.74) is 0.0733. The van der Waals surface area contributed by atoms with E-state index in [4.69, 9.17) is 0 Å². The van der Waals surface area contributed by atoms with Gasteiger partial charge in [0.1, 0.15) is 0 Å². The zero-order chi connectivity index (χ0) is 12.4. The van der Waals surface area contributed by atoms with Gasteiger partial charge in [0.15, 0.2) is 0 Å². The summed E-state index contributed by atoms with van der Waals surface area (Å²) < 4.78 is 27.9. The van der Waals surface area contributed by atoms with Gasteiger partial charge in [0.05, 0.1) is 0 Å². The van der Waals surface area contributed by atoms with E-state index >= 15 is 0 Å². The van der Waals surface area contributed by atoms with Gasteiger partial charge in [-0.25, -0.2) is 0 Å². The Morgan fingerprint density at radius 3 is 2.12 bits per heavy atom. The Morgan fingerprint density at radius 2 is 1.75 bits per heavy atom. The van der Waals surface area contributed by atoms with Crippen LogP contribution < -0.4 is 10.0 Å². The Hall–Kier alpha value is -0.170. The third-order valence-electron chi connectivity index (χ3n) is 3.15. The summed E-state index contributed by atoms with van der Waals surface area (Å²) in [6.45, 7) is 6.96. The molecule has 0 bridgehead atoms. The molecule has 1 rings (SSSR count). The fourth-order valence-electron chi connectivity index (χ4n) is 1.84. The number of nitrogens with zero attached hydrogens (tertiary/aromatic N) is 1. The van der Waals surface area contributed by atoms with Crippen LogP contribution in [0.1, 0.15) is 33.6 Å². The maximum Gasteiger partial charge on any atom is 0.279 e. The molecule has 5 nitrogen and oxygen atoms in total. The molecule has 0 aromatic carbocycles. The van der Waals surface area contributed by atoms with Gasteiger partial charge in [0, 0.05) is 24.7 Å². The van der Waals surface area contributed by atoms with Crippen LogP contribution in [0.2, 0.25) is 0 Å². The summed E-state index contributed by atoms with van der Waals surface area (Å²) in [7, 11) is -1.36. The molecule has 1 aliphatic rings. The Kier molecular flexibility index (Phi) is 4.34. The summed E-state index contributed by atoms with van der Waals surface area (Å²) >= 11 is 0. The SMILES string of the molecule is CNC1(C)CCN(S(=O)(=O)NC(C)C)CC1. The second-order valence-electron chi connectivity index (χ2n) is 4.99. The highest BCUT2D eigenvalue weighted by atomic mass is 32.2. The van der Waals surface area contributed by atoms with Crippen molar-refractivity contribution in [2.45, 2.75) is 45.2 Å². The molecule has 16 heavy (non-hydrogen) atoms. The zero-order valence-corrected chi connectivity index (χ0v) is 11.4. The van der Waals surface area contributed by atoms with Crippen molar-refractivity contribution in [2.75, 3.05) is 20.1 Å². The first-order valence-electron chi connectivity index (χ1n) is 5.75. The summed E-state index contributed by atoms with van der Waals surface area (Å²) in [5.74, 6) is 0. The monoisotopic (exact) mass is 249 g/mol. The van der Waals surface area contributed by atoms with Crippen LogP contribution in [0.4, 0.5) is 0 Å². The van der Waals surface area contributed by atoms with E-state index in [1.807, 2.05) is 20.9 Å². The van der Waals surface area contributed by atoms with Gasteiger partial charge in [0.25, 0.3) is 10.2 Å². The van der Waals surface area contributed by atoms with Gasteiger partial charge in [-0.15, -0.1) is 0 Å². The van der Waals surface area contributed by atoms with Crippen LogP contribution >= 0.6 is 0 Å². The molecular formula is C10H23N3O2S. The topological polar surface area (TPSA) is 61.4 Å². The van der Waals surface area contributed by atoms with Crippen LogP contribution in [0.5, 0.6) is 0 Å². The predicted molar refractivity (Wildman–Crippen MR) is 65.5 cm³/mol. The summed E-state index contributed by atoms with van der Waals surface area (Å²) in [5, 5.41) is 3.25. The molecule has 1 fully saturated rings. The van der Waals surface area contributed by atoms with Crippen molar-refractivity contribution in [3.05, 3.63) is 0 Å². The minimum Gasteiger partial charge on any atom is -0.314 e. The van der Waals surface area contributed by atoms with Gasteiger partial charge >= 0.3 is 0 Å². The highest BCUT2D eigenvalue weighted by Crippen LogP contribution is 2.22. The Bertz CT molecular complexity index is 319. The number of hydrogen-bond donors (Lipinski definition) is 2. The minimum atomic E-state index is -3.29. The first-order chi connectivity index (χ1) is 7.29. The van der Waals surface area contributed by atoms with Crippen LogP contribution in [-0.2, 0) is 10.2 Å². The lowest BCUT2D eigenvalue weighted by Gasteiger charge is -2.38. The number of rotatable bonds is 4. The molecule has 0 aliphatic carbocycles. The van der Waals surface area contributed by atoms with Gasteiger partial charge in [-0.05, 0) is 40.7 Å². The molecule has 0 aromatic rings. The lowest BCUT2D eigenvalue weighted by atomic mass is 9.91. The highest BCUT2D eigenvalue weighted by molar-refractivity contribution is 7.87. The Morgan fingerprint density at radius 1 is 1.25 bits per heavy atom. The average molecular weight is 249 g/mol. The van der Waals surface area contributed by atoms with Crippen LogP contribution in [-0.4, -0.2) is 44.4 Å². The molecule has 0 aromatic heterocycles. The van der Waals surface area contributed by atoms with Gasteiger partial charge < -0.3 is 5.32 Å². The molecule has 1 saturated heterocycles. The molecule has 1 aliphatic heterocycles. The quantitative estimate of drug-likeness (QED) is 0.753. The van der Waals surface area contributed by atoms with Crippen LogP contribution in [0, 0.1) is 0 Å². The maximum absolute atomic E-state index is 11.9. The maximum atomic E-state index is 11.9. The molecule has 2 N–H and O–H groups in total. The van der Waals surface area contributed by atoms with E-state index < -0.39 is 10.2 Å². The average Bonchev–Trinajstić information content (AvgIpc) is 2.16. The largest absolute Gasteiger partial charge is 0.314 e. The molecule has 0 amide bonds. The van der Waals surface area contributed by atoms with Crippen molar-refractivity contribution in [1.29, 1.82) is 0 Å². The third-order valence-corrected chi connectivity index (χ3v) is 4.97. The van der Waals surface area contributed by atoms with Crippen molar-refractivity contribution in [1.82, 2.24) is 14.3 Å². The van der Waals surface area contributed by atoms with Crippen LogP contribution in [0.3, 0.4) is 0 Å². The van der Waals surface area contributed by atoms with Gasteiger partial charge in [-0.3, -0.25) is 0 Å². The zero-order valence-electron chi connectivity index (χ0n) is 10.6. The third kappa shape index (κ3) is 3.41. The van der Waals surface area contributed by atoms with E-state index in [1.54, 1.807) is 0 Å². The molecule has 0 spiro atoms. The smallest absolute Gasteiger partial charge is 0.279 e. The molecule has 0 unspecified atom stereocenters. The molecular weight excluding hydrogens is 226 g/mol. The number of hydrogen-bond acceptors (Lipinski definition) is 3. The van der Waals surface area contributed by atoms with Crippen molar-refractivity contribution >= 4 is 10.2 Å². The van der Waals surface area contributed by atoms with E-state index in [1.165, 1.54) is 4.31 Å². The van der Waals surface area contributed by atoms with E-state index in [2.05, 4.69) is 17.0 Å². The molecule has 96 valence electrons. The summed E-state index contributed by atoms with van der Waals surface area (Å²) in [6.07, 6.45) is 1.70. The second-order valence-corrected chi connectivity index (χ2v) is 6.69. The lowest BCUT2D eigenvalue weighted by molar-refractivity contribution is 0.218. The van der Waals surface area contributed by atoms with Crippen molar-refractivity contribution in [2.24, 2.45) is 0 Å². The van der Waals surface area contributed by atoms with Gasteiger partial charge in [-0.2, -0.15) is 17.4 Å². The number of nitrogens with one attached hydrogen (secondary N) is 2. The van der Waals surface area contributed by atoms with Crippen molar-refractivity contribution in [3.63, 3.8) is 0 Å². The summed E-state index contributed by atoms with van der Waals surface area (Å²) in [4.78, 5) is 0. The van der Waals surface area contributed by atoms with Crippen molar-refractivity contribution in [3.8, 4) is 0 Å². The van der Waals surface area contributed by atoms with E-state index in [0.717, 1.165) is 12.8 Å². The Balaban J connectivity index is 2.60. The Labute approximate surface area is 98.8 Å². The van der Waals surface area contributed by atoms with Crippen LogP contribution in [0.25, 0.3) is 0 Å². The van der Waals surface area contributed by atoms with E-state index in [9.17, 15) is 8.42 Å². The first-order valence-corrected chi connectivity index (χ1v) is 7.19. The normalized spacial score (nSPS) is 22.6. The fraction of sp³-hybridized carbons (Fsp3) is 1.00. The van der Waals surface area contributed by atoms with Gasteiger partial charge in [-0.1, -0.05) is 0 Å². The number of piperidine rings is 1. The first kappa shape index (κ1) is 13.9. The molecule has 1 heterocycles. The van der Waals surface area contributed by atoms with Crippen molar-refractivity contribution < 1.29 is 8.42 Å². The predicted octanol–water partition coefficient (Wildman–Crippen LogP) is 0.303. The summed E-state index contributed by atoms with van der Waals surface area (Å²) in [6, 6.07) is -0.0531. The van der Waals surface area contributed by atoms with E-state index in [0.29, 0.717) is 13.1 Å². The second kappa shape index (κ2) is 5.00. The highest BCUT2D eigenvalue weighted by Gasteiger charge is 2.33. The lowest BCUT2D eigenvalue weighted by Crippen LogP contribution is -2.54. The molecule has 0 atom stereocenters. The van der Waals surface area contributed by atoms with Gasteiger partial charge in [0.2, 0.25) is 0 Å². The standard InChI is InChI=1S/C10H23N3O2S/c1-9(2)12-16(14,15)13-7-5-10(3,11-4)6-8-13/h9,11-12H,5-8H2,1-4H3. The molecule has 6 heteroatoms. The molecule has 0 saturated carbocycles. The fourth-order valence-corrected chi connectivity index (χ4v) is 3.25. The minimum absolute atomic E-state index is 0.0531. The molecule has 0 radical (unpaired) electrons.